The van der Waals surface area contributed by atoms with E-state index in [1.165, 1.54) is 31.3 Å². The van der Waals surface area contributed by atoms with E-state index in [4.69, 9.17) is 0 Å². The SMILES string of the molecule is C[C@@H](NC(=O)c1cn(C2CC(F)(F)C2)c(=O)cc1N[C@@H]1[C@@H]2CN(C)C[C@@H]21)c1cccc(C(F)F)c1F. The fourth-order valence-corrected chi connectivity index (χ4v) is 5.51. The highest BCUT2D eigenvalue weighted by molar-refractivity contribution is 5.99. The Morgan fingerprint density at radius 2 is 1.78 bits per heavy atom. The first kappa shape index (κ1) is 24.7. The molecule has 3 fully saturated rings. The van der Waals surface area contributed by atoms with Gasteiger partial charge in [-0.1, -0.05) is 18.2 Å². The van der Waals surface area contributed by atoms with E-state index in [9.17, 15) is 31.5 Å². The van der Waals surface area contributed by atoms with Crippen LogP contribution in [0, 0.1) is 17.7 Å². The van der Waals surface area contributed by atoms with Gasteiger partial charge in [0.05, 0.1) is 22.9 Å². The number of likely N-dealkylation sites (tertiary alicyclic amines) is 1. The molecule has 0 bridgehead atoms. The number of piperidine rings is 1. The molecule has 4 atom stereocenters. The number of hydrogen-bond donors (Lipinski definition) is 2. The number of anilines is 1. The molecule has 0 unspecified atom stereocenters. The predicted octanol–water partition coefficient (Wildman–Crippen LogP) is 4.36. The number of rotatable bonds is 7. The van der Waals surface area contributed by atoms with Gasteiger partial charge in [0.1, 0.15) is 5.82 Å². The number of pyridine rings is 1. The first-order valence-corrected chi connectivity index (χ1v) is 11.9. The van der Waals surface area contributed by atoms with Gasteiger partial charge in [-0.15, -0.1) is 0 Å². The maximum atomic E-state index is 14.6. The molecular weight excluding hydrogens is 483 g/mol. The molecule has 2 heterocycles. The average molecular weight is 511 g/mol. The van der Waals surface area contributed by atoms with Gasteiger partial charge in [-0.2, -0.15) is 0 Å². The number of halogens is 5. The first-order chi connectivity index (χ1) is 16.9. The molecule has 2 aromatic rings. The second kappa shape index (κ2) is 8.86. The summed E-state index contributed by atoms with van der Waals surface area (Å²) in [7, 11) is 2.02. The number of carbonyl (C=O) groups excluding carboxylic acids is 1. The lowest BCUT2D eigenvalue weighted by Gasteiger charge is -2.36. The highest BCUT2D eigenvalue weighted by atomic mass is 19.3. The molecule has 1 aromatic carbocycles. The number of benzene rings is 1. The van der Waals surface area contributed by atoms with E-state index in [-0.39, 0.29) is 22.9 Å². The van der Waals surface area contributed by atoms with Crippen LogP contribution in [0.1, 0.15) is 59.8 Å². The van der Waals surface area contributed by atoms with Crippen molar-refractivity contribution < 1.29 is 26.7 Å². The van der Waals surface area contributed by atoms with Crippen LogP contribution in [0.25, 0.3) is 0 Å². The molecule has 36 heavy (non-hydrogen) atoms. The van der Waals surface area contributed by atoms with E-state index in [2.05, 4.69) is 15.5 Å². The number of amides is 1. The van der Waals surface area contributed by atoms with E-state index >= 15 is 0 Å². The number of fused-ring (bicyclic) bond motifs is 1. The second-order valence-corrected chi connectivity index (χ2v) is 10.2. The van der Waals surface area contributed by atoms with Gasteiger partial charge < -0.3 is 20.1 Å². The van der Waals surface area contributed by atoms with Gasteiger partial charge in [0.2, 0.25) is 0 Å². The number of nitrogens with one attached hydrogen (secondary N) is 2. The topological polar surface area (TPSA) is 66.4 Å². The highest BCUT2D eigenvalue weighted by Crippen LogP contribution is 2.47. The van der Waals surface area contributed by atoms with Crippen LogP contribution < -0.4 is 16.2 Å². The van der Waals surface area contributed by atoms with Gasteiger partial charge in [-0.25, -0.2) is 22.0 Å². The van der Waals surface area contributed by atoms with Crippen molar-refractivity contribution in [3.05, 3.63) is 63.3 Å². The highest BCUT2D eigenvalue weighted by Gasteiger charge is 2.55. The van der Waals surface area contributed by atoms with E-state index in [0.717, 1.165) is 23.7 Å². The Balaban J connectivity index is 1.42. The summed E-state index contributed by atoms with van der Waals surface area (Å²) >= 11 is 0. The van der Waals surface area contributed by atoms with Crippen molar-refractivity contribution in [2.24, 2.45) is 11.8 Å². The van der Waals surface area contributed by atoms with Crippen molar-refractivity contribution in [1.82, 2.24) is 14.8 Å². The Labute approximate surface area is 204 Å². The van der Waals surface area contributed by atoms with Crippen LogP contribution in [0.15, 0.2) is 35.3 Å². The molecule has 3 aliphatic rings. The number of aromatic nitrogens is 1. The summed E-state index contributed by atoms with van der Waals surface area (Å²) in [5, 5.41) is 5.89. The van der Waals surface area contributed by atoms with Crippen molar-refractivity contribution >= 4 is 11.6 Å². The van der Waals surface area contributed by atoms with E-state index in [1.807, 2.05) is 7.05 Å². The van der Waals surface area contributed by atoms with Crippen LogP contribution in [-0.2, 0) is 0 Å². The minimum Gasteiger partial charge on any atom is -0.381 e. The summed E-state index contributed by atoms with van der Waals surface area (Å²) in [6, 6.07) is 3.19. The Morgan fingerprint density at radius 1 is 1.14 bits per heavy atom. The molecule has 2 aliphatic carbocycles. The minimum atomic E-state index is -3.01. The fourth-order valence-electron chi connectivity index (χ4n) is 5.51. The molecule has 2 N–H and O–H groups in total. The second-order valence-electron chi connectivity index (χ2n) is 10.2. The smallest absolute Gasteiger partial charge is 0.266 e. The minimum absolute atomic E-state index is 0.0559. The molecule has 1 amide bonds. The monoisotopic (exact) mass is 510 g/mol. The summed E-state index contributed by atoms with van der Waals surface area (Å²) in [6.45, 7) is 3.23. The zero-order valence-electron chi connectivity index (χ0n) is 19.8. The molecule has 11 heteroatoms. The van der Waals surface area contributed by atoms with Gasteiger partial charge in [-0.3, -0.25) is 9.59 Å². The van der Waals surface area contributed by atoms with Crippen molar-refractivity contribution in [2.75, 3.05) is 25.5 Å². The maximum Gasteiger partial charge on any atom is 0.266 e. The molecule has 2 saturated carbocycles. The molecule has 0 spiro atoms. The molecular formula is C25H27F5N4O2. The summed E-state index contributed by atoms with van der Waals surface area (Å²) in [4.78, 5) is 28.3. The van der Waals surface area contributed by atoms with Gasteiger partial charge >= 0.3 is 0 Å². The third-order valence-electron chi connectivity index (χ3n) is 7.59. The van der Waals surface area contributed by atoms with Crippen LogP contribution in [0.4, 0.5) is 27.6 Å². The number of hydrogen-bond acceptors (Lipinski definition) is 4. The fraction of sp³-hybridized carbons (Fsp3) is 0.520. The average Bonchev–Trinajstić information content (AvgIpc) is 3.22. The quantitative estimate of drug-likeness (QED) is 0.544. The van der Waals surface area contributed by atoms with Crippen molar-refractivity contribution in [2.45, 2.75) is 50.2 Å². The Hall–Kier alpha value is -2.95. The third-order valence-corrected chi connectivity index (χ3v) is 7.59. The van der Waals surface area contributed by atoms with Crippen molar-refractivity contribution in [3.8, 4) is 0 Å². The number of nitrogens with zero attached hydrogens (tertiary/aromatic N) is 2. The molecule has 1 aromatic heterocycles. The van der Waals surface area contributed by atoms with Gasteiger partial charge in [0.25, 0.3) is 23.8 Å². The number of carbonyl (C=O) groups is 1. The lowest BCUT2D eigenvalue weighted by molar-refractivity contribution is -0.104. The Morgan fingerprint density at radius 3 is 2.39 bits per heavy atom. The normalized spacial score (nSPS) is 25.8. The van der Waals surface area contributed by atoms with Gasteiger partial charge in [0, 0.05) is 55.8 Å². The van der Waals surface area contributed by atoms with Gasteiger partial charge in [0.15, 0.2) is 0 Å². The van der Waals surface area contributed by atoms with Crippen molar-refractivity contribution in [1.29, 1.82) is 0 Å². The van der Waals surface area contributed by atoms with Crippen LogP contribution in [0.2, 0.25) is 0 Å². The predicted molar refractivity (Wildman–Crippen MR) is 123 cm³/mol. The first-order valence-electron chi connectivity index (χ1n) is 11.9. The zero-order valence-corrected chi connectivity index (χ0v) is 19.8. The zero-order chi connectivity index (χ0) is 25.9. The van der Waals surface area contributed by atoms with E-state index in [0.29, 0.717) is 11.8 Å². The summed E-state index contributed by atoms with van der Waals surface area (Å²) in [6.07, 6.45) is -2.74. The molecule has 5 rings (SSSR count). The summed E-state index contributed by atoms with van der Waals surface area (Å²) in [5.41, 5.74) is -1.04. The van der Waals surface area contributed by atoms with Crippen LogP contribution in [-0.4, -0.2) is 47.5 Å². The summed E-state index contributed by atoms with van der Waals surface area (Å²) in [5.74, 6) is -3.87. The molecule has 6 nitrogen and oxygen atoms in total. The van der Waals surface area contributed by atoms with E-state index in [1.54, 1.807) is 0 Å². The molecule has 0 radical (unpaired) electrons. The third kappa shape index (κ3) is 4.49. The summed E-state index contributed by atoms with van der Waals surface area (Å²) < 4.78 is 69.0. The number of alkyl halides is 4. The maximum absolute atomic E-state index is 14.6. The Bertz CT molecular complexity index is 1230. The van der Waals surface area contributed by atoms with Crippen LogP contribution in [0.5, 0.6) is 0 Å². The Kier molecular flexibility index (Phi) is 6.09. The standard InChI is InChI=1S/C25H27F5N4O2/c1-12(14-4-3-5-15(21(14)26)23(27)28)31-24(36)18-11-34(13-7-25(29,30)8-13)20(35)6-19(18)32-22-16-9-33(2)10-17(16)22/h3-6,11-13,16-17,22-23,32H,7-10H2,1-2H3,(H,31,36)/t12-,16-,17+,22-/m1/s1. The van der Waals surface area contributed by atoms with Crippen LogP contribution >= 0.6 is 0 Å². The lowest BCUT2D eigenvalue weighted by Crippen LogP contribution is -2.41. The van der Waals surface area contributed by atoms with Crippen LogP contribution in [0.3, 0.4) is 0 Å². The molecule has 1 aliphatic heterocycles. The van der Waals surface area contributed by atoms with Crippen molar-refractivity contribution in [3.63, 3.8) is 0 Å². The largest absolute Gasteiger partial charge is 0.381 e. The van der Waals surface area contributed by atoms with Gasteiger partial charge in [-0.05, 0) is 25.8 Å². The molecule has 194 valence electrons. The van der Waals surface area contributed by atoms with E-state index < -0.39 is 60.1 Å². The lowest BCUT2D eigenvalue weighted by atomic mass is 9.88. The molecule has 1 saturated heterocycles.